The van der Waals surface area contributed by atoms with E-state index >= 15 is 0 Å². The van der Waals surface area contributed by atoms with Crippen molar-refractivity contribution in [2.24, 2.45) is 0 Å². The lowest BCUT2D eigenvalue weighted by Gasteiger charge is -2.15. The summed E-state index contributed by atoms with van der Waals surface area (Å²) in [7, 11) is 1.64. The predicted molar refractivity (Wildman–Crippen MR) is 93.1 cm³/mol. The quantitative estimate of drug-likeness (QED) is 0.645. The molecule has 120 valence electrons. The highest BCUT2D eigenvalue weighted by atomic mass is 35.5. The van der Waals surface area contributed by atoms with Crippen LogP contribution in [0.2, 0.25) is 5.02 Å². The molecule has 21 heavy (non-hydrogen) atoms. The molecule has 1 N–H and O–H groups in total. The van der Waals surface area contributed by atoms with Crippen molar-refractivity contribution in [3.05, 3.63) is 22.7 Å². The van der Waals surface area contributed by atoms with Gasteiger partial charge in [-0.25, -0.2) is 0 Å². The molecule has 0 spiro atoms. The predicted octanol–water partition coefficient (Wildman–Crippen LogP) is 4.37. The molecule has 0 heterocycles. The Morgan fingerprint density at radius 1 is 1.33 bits per heavy atom. The van der Waals surface area contributed by atoms with Gasteiger partial charge in [0, 0.05) is 12.6 Å². The molecule has 1 rings (SSSR count). The highest BCUT2D eigenvalue weighted by Gasteiger charge is 2.12. The van der Waals surface area contributed by atoms with E-state index in [9.17, 15) is 0 Å². The number of rotatable bonds is 10. The van der Waals surface area contributed by atoms with Gasteiger partial charge in [0.2, 0.25) is 0 Å². The molecule has 0 aliphatic heterocycles. The summed E-state index contributed by atoms with van der Waals surface area (Å²) in [4.78, 5) is 0. The zero-order chi connectivity index (χ0) is 15.7. The van der Waals surface area contributed by atoms with E-state index < -0.39 is 0 Å². The first-order valence-corrected chi connectivity index (χ1v) is 8.92. The molecular formula is C16H26ClNO2S. The summed E-state index contributed by atoms with van der Waals surface area (Å²) >= 11 is 8.25. The van der Waals surface area contributed by atoms with Gasteiger partial charge in [0.05, 0.1) is 18.7 Å². The van der Waals surface area contributed by atoms with Gasteiger partial charge in [-0.3, -0.25) is 0 Å². The number of benzene rings is 1. The van der Waals surface area contributed by atoms with E-state index in [-0.39, 0.29) is 0 Å². The average Bonchev–Trinajstić information content (AvgIpc) is 2.46. The standard InChI is InChI=1S/C16H26ClNO2S/c1-5-21-8-6-7-20-16-14(17)9-13(10-15(16)19-4)11-18-12(2)3/h9-10,12,18H,5-8,11H2,1-4H3. The average molecular weight is 332 g/mol. The molecule has 0 amide bonds. The topological polar surface area (TPSA) is 30.5 Å². The van der Waals surface area contributed by atoms with Gasteiger partial charge in [0.1, 0.15) is 0 Å². The van der Waals surface area contributed by atoms with Gasteiger partial charge < -0.3 is 14.8 Å². The third-order valence-electron chi connectivity index (χ3n) is 2.89. The molecule has 0 aromatic heterocycles. The van der Waals surface area contributed by atoms with Gasteiger partial charge in [-0.15, -0.1) is 0 Å². The zero-order valence-corrected chi connectivity index (χ0v) is 14.9. The minimum absolute atomic E-state index is 0.432. The van der Waals surface area contributed by atoms with Crippen LogP contribution in [0.15, 0.2) is 12.1 Å². The summed E-state index contributed by atoms with van der Waals surface area (Å²) in [6.07, 6.45) is 1.01. The summed E-state index contributed by atoms with van der Waals surface area (Å²) < 4.78 is 11.2. The summed E-state index contributed by atoms with van der Waals surface area (Å²) in [5.41, 5.74) is 1.10. The summed E-state index contributed by atoms with van der Waals surface area (Å²) in [6, 6.07) is 4.36. The highest BCUT2D eigenvalue weighted by Crippen LogP contribution is 2.36. The van der Waals surface area contributed by atoms with Crippen LogP contribution in [-0.4, -0.2) is 31.3 Å². The van der Waals surface area contributed by atoms with Crippen molar-refractivity contribution < 1.29 is 9.47 Å². The third kappa shape index (κ3) is 6.81. The van der Waals surface area contributed by atoms with Crippen LogP contribution >= 0.6 is 23.4 Å². The lowest BCUT2D eigenvalue weighted by Crippen LogP contribution is -2.21. The van der Waals surface area contributed by atoms with Crippen LogP contribution in [0.1, 0.15) is 32.8 Å². The third-order valence-corrected chi connectivity index (χ3v) is 4.15. The first-order chi connectivity index (χ1) is 10.1. The molecule has 0 bridgehead atoms. The van der Waals surface area contributed by atoms with Gasteiger partial charge in [-0.1, -0.05) is 32.4 Å². The fourth-order valence-corrected chi connectivity index (χ4v) is 2.72. The van der Waals surface area contributed by atoms with Gasteiger partial charge in [-0.05, 0) is 35.6 Å². The number of ether oxygens (including phenoxy) is 2. The van der Waals surface area contributed by atoms with Crippen molar-refractivity contribution >= 4 is 23.4 Å². The van der Waals surface area contributed by atoms with Crippen LogP contribution in [0.4, 0.5) is 0 Å². The Balaban J connectivity index is 2.66. The van der Waals surface area contributed by atoms with Crippen molar-refractivity contribution in [3.63, 3.8) is 0 Å². The Morgan fingerprint density at radius 2 is 2.10 bits per heavy atom. The number of methoxy groups -OCH3 is 1. The molecule has 0 aliphatic carbocycles. The molecule has 5 heteroatoms. The van der Waals surface area contributed by atoms with Gasteiger partial charge in [0.25, 0.3) is 0 Å². The van der Waals surface area contributed by atoms with Gasteiger partial charge in [-0.2, -0.15) is 11.8 Å². The van der Waals surface area contributed by atoms with E-state index in [1.54, 1.807) is 7.11 Å². The van der Waals surface area contributed by atoms with Crippen LogP contribution in [0.25, 0.3) is 0 Å². The minimum atomic E-state index is 0.432. The fourth-order valence-electron chi connectivity index (χ4n) is 1.82. The van der Waals surface area contributed by atoms with Crippen molar-refractivity contribution in [1.82, 2.24) is 5.32 Å². The monoisotopic (exact) mass is 331 g/mol. The maximum absolute atomic E-state index is 6.33. The van der Waals surface area contributed by atoms with Gasteiger partial charge >= 0.3 is 0 Å². The molecule has 0 unspecified atom stereocenters. The lowest BCUT2D eigenvalue weighted by molar-refractivity contribution is 0.295. The minimum Gasteiger partial charge on any atom is -0.493 e. The molecule has 0 fully saturated rings. The van der Waals surface area contributed by atoms with Gasteiger partial charge in [0.15, 0.2) is 11.5 Å². The van der Waals surface area contributed by atoms with Crippen molar-refractivity contribution in [2.75, 3.05) is 25.2 Å². The van der Waals surface area contributed by atoms with E-state index in [2.05, 4.69) is 26.1 Å². The van der Waals surface area contributed by atoms with E-state index in [4.69, 9.17) is 21.1 Å². The normalized spacial score (nSPS) is 11.0. The summed E-state index contributed by atoms with van der Waals surface area (Å²) in [5, 5.41) is 3.98. The van der Waals surface area contributed by atoms with E-state index in [1.165, 1.54) is 0 Å². The maximum atomic E-state index is 6.33. The number of thioether (sulfide) groups is 1. The Kier molecular flexibility index (Phi) is 8.97. The Morgan fingerprint density at radius 3 is 2.71 bits per heavy atom. The van der Waals surface area contributed by atoms with Crippen LogP contribution in [-0.2, 0) is 6.54 Å². The fraction of sp³-hybridized carbons (Fsp3) is 0.625. The number of halogens is 1. The maximum Gasteiger partial charge on any atom is 0.179 e. The molecular weight excluding hydrogens is 306 g/mol. The second-order valence-corrected chi connectivity index (χ2v) is 6.84. The molecule has 0 atom stereocenters. The first kappa shape index (κ1) is 18.5. The molecule has 0 saturated carbocycles. The van der Waals surface area contributed by atoms with Crippen molar-refractivity contribution in [3.8, 4) is 11.5 Å². The molecule has 0 aliphatic rings. The van der Waals surface area contributed by atoms with Crippen LogP contribution in [0, 0.1) is 0 Å². The Bertz CT molecular complexity index is 427. The molecule has 0 saturated heterocycles. The number of nitrogens with one attached hydrogen (secondary N) is 1. The van der Waals surface area contributed by atoms with Crippen LogP contribution in [0.5, 0.6) is 11.5 Å². The van der Waals surface area contributed by atoms with E-state index in [0.717, 1.165) is 30.0 Å². The smallest absolute Gasteiger partial charge is 0.179 e. The van der Waals surface area contributed by atoms with E-state index in [1.807, 2.05) is 23.9 Å². The first-order valence-electron chi connectivity index (χ1n) is 7.38. The zero-order valence-electron chi connectivity index (χ0n) is 13.4. The van der Waals surface area contributed by atoms with Crippen molar-refractivity contribution in [1.29, 1.82) is 0 Å². The number of hydrogen-bond donors (Lipinski definition) is 1. The second-order valence-electron chi connectivity index (χ2n) is 5.04. The lowest BCUT2D eigenvalue weighted by atomic mass is 10.2. The van der Waals surface area contributed by atoms with Crippen LogP contribution in [0.3, 0.4) is 0 Å². The molecule has 1 aromatic carbocycles. The Hall–Kier alpha value is -0.580. The van der Waals surface area contributed by atoms with Crippen LogP contribution < -0.4 is 14.8 Å². The van der Waals surface area contributed by atoms with Crippen molar-refractivity contribution in [2.45, 2.75) is 39.8 Å². The largest absolute Gasteiger partial charge is 0.493 e. The summed E-state index contributed by atoms with van der Waals surface area (Å²) in [6.45, 7) is 7.82. The molecule has 3 nitrogen and oxygen atoms in total. The SMILES string of the molecule is CCSCCCOc1c(Cl)cc(CNC(C)C)cc1OC. The molecule has 1 aromatic rings. The van der Waals surface area contributed by atoms with E-state index in [0.29, 0.717) is 29.2 Å². The summed E-state index contributed by atoms with van der Waals surface area (Å²) in [5.74, 6) is 3.59. The highest BCUT2D eigenvalue weighted by molar-refractivity contribution is 7.99. The Labute approximate surface area is 137 Å². The molecule has 0 radical (unpaired) electrons. The number of hydrogen-bond acceptors (Lipinski definition) is 4. The second kappa shape index (κ2) is 10.2.